The summed E-state index contributed by atoms with van der Waals surface area (Å²) in [4.78, 5) is 12.2. The van der Waals surface area contributed by atoms with E-state index in [1.807, 2.05) is 45.0 Å². The van der Waals surface area contributed by atoms with Crippen LogP contribution in [0.4, 0.5) is 0 Å². The average molecular weight is 205 g/mol. The van der Waals surface area contributed by atoms with E-state index in [9.17, 15) is 4.79 Å². The summed E-state index contributed by atoms with van der Waals surface area (Å²) in [5.41, 5.74) is 7.01. The van der Waals surface area contributed by atoms with Crippen molar-refractivity contribution < 1.29 is 4.79 Å². The second kappa shape index (κ2) is 4.58. The van der Waals surface area contributed by atoms with Gasteiger partial charge >= 0.3 is 0 Å². The second-order valence-corrected chi connectivity index (χ2v) is 4.57. The van der Waals surface area contributed by atoms with E-state index in [2.05, 4.69) is 0 Å². The Morgan fingerprint density at radius 1 is 1.33 bits per heavy atom. The molecule has 1 aromatic carbocycles. The first-order valence-electron chi connectivity index (χ1n) is 5.29. The van der Waals surface area contributed by atoms with Crippen molar-refractivity contribution in [1.29, 1.82) is 0 Å². The Morgan fingerprint density at radius 2 is 1.93 bits per heavy atom. The monoisotopic (exact) mass is 205 g/mol. The third kappa shape index (κ3) is 2.66. The van der Waals surface area contributed by atoms with Gasteiger partial charge in [-0.05, 0) is 25.5 Å². The lowest BCUT2D eigenvalue weighted by atomic mass is 9.80. The van der Waals surface area contributed by atoms with E-state index in [4.69, 9.17) is 5.73 Å². The summed E-state index contributed by atoms with van der Waals surface area (Å²) < 4.78 is 0. The number of aryl methyl sites for hydroxylation is 1. The third-order valence-corrected chi connectivity index (χ3v) is 2.77. The standard InChI is InChI=1S/C13H19NO/c1-10-6-4-5-7-11(10)12(15)13(2,3)8-9-14/h4-7H,8-9,14H2,1-3H3. The number of hydrogen-bond donors (Lipinski definition) is 1. The third-order valence-electron chi connectivity index (χ3n) is 2.77. The van der Waals surface area contributed by atoms with E-state index in [0.717, 1.165) is 17.5 Å². The lowest BCUT2D eigenvalue weighted by Gasteiger charge is -2.23. The number of nitrogens with two attached hydrogens (primary N) is 1. The maximum absolute atomic E-state index is 12.2. The van der Waals surface area contributed by atoms with Crippen LogP contribution in [-0.4, -0.2) is 12.3 Å². The van der Waals surface area contributed by atoms with Gasteiger partial charge in [0.25, 0.3) is 0 Å². The summed E-state index contributed by atoms with van der Waals surface area (Å²) in [5.74, 6) is 0.186. The molecule has 15 heavy (non-hydrogen) atoms. The first kappa shape index (κ1) is 11.9. The Kier molecular flexibility index (Phi) is 3.64. The van der Waals surface area contributed by atoms with Crippen LogP contribution in [0.3, 0.4) is 0 Å². The molecule has 0 radical (unpaired) electrons. The van der Waals surface area contributed by atoms with Crippen molar-refractivity contribution in [2.75, 3.05) is 6.54 Å². The summed E-state index contributed by atoms with van der Waals surface area (Å²) >= 11 is 0. The lowest BCUT2D eigenvalue weighted by molar-refractivity contribution is 0.0829. The van der Waals surface area contributed by atoms with Crippen molar-refractivity contribution in [3.63, 3.8) is 0 Å². The van der Waals surface area contributed by atoms with Gasteiger partial charge in [0.1, 0.15) is 0 Å². The van der Waals surface area contributed by atoms with Crippen LogP contribution in [0.1, 0.15) is 36.2 Å². The van der Waals surface area contributed by atoms with E-state index >= 15 is 0 Å². The molecular weight excluding hydrogens is 186 g/mol. The molecule has 0 bridgehead atoms. The topological polar surface area (TPSA) is 43.1 Å². The second-order valence-electron chi connectivity index (χ2n) is 4.57. The fourth-order valence-electron chi connectivity index (χ4n) is 1.67. The van der Waals surface area contributed by atoms with Gasteiger partial charge in [0.15, 0.2) is 5.78 Å². The zero-order valence-corrected chi connectivity index (χ0v) is 9.71. The number of rotatable bonds is 4. The van der Waals surface area contributed by atoms with Gasteiger partial charge in [-0.2, -0.15) is 0 Å². The van der Waals surface area contributed by atoms with Crippen molar-refractivity contribution in [2.24, 2.45) is 11.1 Å². The van der Waals surface area contributed by atoms with E-state index in [1.165, 1.54) is 0 Å². The summed E-state index contributed by atoms with van der Waals surface area (Å²) in [6.07, 6.45) is 0.722. The van der Waals surface area contributed by atoms with Crippen LogP contribution in [0.5, 0.6) is 0 Å². The van der Waals surface area contributed by atoms with Gasteiger partial charge in [-0.15, -0.1) is 0 Å². The van der Waals surface area contributed by atoms with Gasteiger partial charge in [-0.3, -0.25) is 4.79 Å². The van der Waals surface area contributed by atoms with Crippen LogP contribution in [-0.2, 0) is 0 Å². The summed E-state index contributed by atoms with van der Waals surface area (Å²) in [6, 6.07) is 7.70. The van der Waals surface area contributed by atoms with Crippen LogP contribution in [0, 0.1) is 12.3 Å². The van der Waals surface area contributed by atoms with Crippen LogP contribution in [0.2, 0.25) is 0 Å². The zero-order valence-electron chi connectivity index (χ0n) is 9.71. The molecule has 0 aliphatic heterocycles. The normalized spacial score (nSPS) is 11.5. The summed E-state index contributed by atoms with van der Waals surface area (Å²) in [6.45, 7) is 6.42. The van der Waals surface area contributed by atoms with Crippen LogP contribution in [0.15, 0.2) is 24.3 Å². The highest BCUT2D eigenvalue weighted by molar-refractivity contribution is 6.01. The van der Waals surface area contributed by atoms with Crippen molar-refractivity contribution in [3.05, 3.63) is 35.4 Å². The highest BCUT2D eigenvalue weighted by atomic mass is 16.1. The van der Waals surface area contributed by atoms with Crippen molar-refractivity contribution in [2.45, 2.75) is 27.2 Å². The molecule has 2 nitrogen and oxygen atoms in total. The van der Waals surface area contributed by atoms with Gasteiger partial charge in [-0.25, -0.2) is 0 Å². The van der Waals surface area contributed by atoms with Gasteiger partial charge in [0.2, 0.25) is 0 Å². The predicted octanol–water partition coefficient (Wildman–Crippen LogP) is 2.55. The molecule has 0 aliphatic carbocycles. The highest BCUT2D eigenvalue weighted by Gasteiger charge is 2.28. The molecule has 2 N–H and O–H groups in total. The van der Waals surface area contributed by atoms with Gasteiger partial charge in [0.05, 0.1) is 0 Å². The molecule has 0 aromatic heterocycles. The first-order valence-corrected chi connectivity index (χ1v) is 5.29. The molecule has 2 heteroatoms. The fourth-order valence-corrected chi connectivity index (χ4v) is 1.67. The molecule has 1 aromatic rings. The molecule has 0 spiro atoms. The highest BCUT2D eigenvalue weighted by Crippen LogP contribution is 2.26. The van der Waals surface area contributed by atoms with Crippen molar-refractivity contribution in [1.82, 2.24) is 0 Å². The van der Waals surface area contributed by atoms with Gasteiger partial charge < -0.3 is 5.73 Å². The van der Waals surface area contributed by atoms with Crippen LogP contribution in [0.25, 0.3) is 0 Å². The zero-order chi connectivity index (χ0) is 11.5. The number of ketones is 1. The molecule has 0 fully saturated rings. The van der Waals surface area contributed by atoms with Crippen LogP contribution >= 0.6 is 0 Å². The van der Waals surface area contributed by atoms with Crippen molar-refractivity contribution in [3.8, 4) is 0 Å². The molecule has 82 valence electrons. The molecule has 0 saturated carbocycles. The minimum atomic E-state index is -0.360. The van der Waals surface area contributed by atoms with Crippen LogP contribution < -0.4 is 5.73 Å². The van der Waals surface area contributed by atoms with E-state index in [1.54, 1.807) is 0 Å². The number of carbonyl (C=O) groups is 1. The fraction of sp³-hybridized carbons (Fsp3) is 0.462. The van der Waals surface area contributed by atoms with E-state index < -0.39 is 0 Å². The molecule has 0 amide bonds. The van der Waals surface area contributed by atoms with Crippen molar-refractivity contribution >= 4 is 5.78 Å². The Hall–Kier alpha value is -1.15. The Balaban J connectivity index is 2.99. The SMILES string of the molecule is Cc1ccccc1C(=O)C(C)(C)CCN. The van der Waals surface area contributed by atoms with E-state index in [-0.39, 0.29) is 11.2 Å². The van der Waals surface area contributed by atoms with Gasteiger partial charge in [-0.1, -0.05) is 38.1 Å². The smallest absolute Gasteiger partial charge is 0.168 e. The molecule has 1 rings (SSSR count). The molecule has 0 heterocycles. The lowest BCUT2D eigenvalue weighted by Crippen LogP contribution is -2.27. The quantitative estimate of drug-likeness (QED) is 0.768. The Bertz CT molecular complexity index is 355. The molecule has 0 atom stereocenters. The number of Topliss-reactive ketones (excluding diaryl/α,β-unsaturated/α-hetero) is 1. The maximum Gasteiger partial charge on any atom is 0.168 e. The number of hydrogen-bond acceptors (Lipinski definition) is 2. The molecular formula is C13H19NO. The summed E-state index contributed by atoms with van der Waals surface area (Å²) in [5, 5.41) is 0. The molecule has 0 aliphatic rings. The number of carbonyl (C=O) groups excluding carboxylic acids is 1. The molecule has 0 saturated heterocycles. The van der Waals surface area contributed by atoms with E-state index in [0.29, 0.717) is 6.54 Å². The first-order chi connectivity index (χ1) is 6.99. The number of benzene rings is 1. The summed E-state index contributed by atoms with van der Waals surface area (Å²) in [7, 11) is 0. The van der Waals surface area contributed by atoms with Gasteiger partial charge in [0, 0.05) is 11.0 Å². The maximum atomic E-state index is 12.2. The minimum Gasteiger partial charge on any atom is -0.330 e. The Morgan fingerprint density at radius 3 is 2.47 bits per heavy atom. The predicted molar refractivity (Wildman–Crippen MR) is 63.0 cm³/mol. The minimum absolute atomic E-state index is 0.186. The largest absolute Gasteiger partial charge is 0.330 e. The Labute approximate surface area is 91.5 Å². The average Bonchev–Trinajstić information content (AvgIpc) is 2.17. The molecule has 0 unspecified atom stereocenters.